The smallest absolute Gasteiger partial charge is 0.208 e. The van der Waals surface area contributed by atoms with Crippen LogP contribution in [0.5, 0.6) is 0 Å². The Morgan fingerprint density at radius 1 is 1.15 bits per heavy atom. The van der Waals surface area contributed by atoms with Crippen molar-refractivity contribution in [3.8, 4) is 28.0 Å². The molecule has 10 nitrogen and oxygen atoms in total. The first-order valence-electron chi connectivity index (χ1n) is 10.8. The third-order valence-corrected chi connectivity index (χ3v) is 8.22. The van der Waals surface area contributed by atoms with Gasteiger partial charge in [0.25, 0.3) is 0 Å². The van der Waals surface area contributed by atoms with Crippen LogP contribution in [0.15, 0.2) is 36.7 Å². The Hall–Kier alpha value is -3.24. The van der Waals surface area contributed by atoms with Crippen LogP contribution in [0.25, 0.3) is 27.5 Å². The summed E-state index contributed by atoms with van der Waals surface area (Å²) in [6.45, 7) is 5.23. The number of rotatable bonds is 5. The summed E-state index contributed by atoms with van der Waals surface area (Å²) in [6.07, 6.45) is 3.33. The summed E-state index contributed by atoms with van der Waals surface area (Å²) in [5.74, 6) is 0.709. The molecule has 0 amide bonds. The quantitative estimate of drug-likeness (QED) is 0.372. The van der Waals surface area contributed by atoms with Crippen LogP contribution in [-0.4, -0.2) is 64.5 Å². The highest BCUT2D eigenvalue weighted by molar-refractivity contribution is 8.24. The van der Waals surface area contributed by atoms with Gasteiger partial charge in [-0.05, 0) is 38.1 Å². The van der Waals surface area contributed by atoms with Crippen molar-refractivity contribution in [3.05, 3.63) is 42.2 Å². The van der Waals surface area contributed by atoms with Crippen LogP contribution in [0.4, 0.5) is 10.8 Å². The van der Waals surface area contributed by atoms with Crippen molar-refractivity contribution in [3.63, 3.8) is 0 Å². The van der Waals surface area contributed by atoms with Crippen molar-refractivity contribution in [1.82, 2.24) is 24.8 Å². The molecule has 0 radical (unpaired) electrons. The molecule has 34 heavy (non-hydrogen) atoms. The number of hydrogen-bond acceptors (Lipinski definition) is 10. The highest BCUT2D eigenvalue weighted by atomic mass is 32.3. The minimum atomic E-state index is -2.46. The topological polar surface area (TPSA) is 135 Å². The minimum Gasteiger partial charge on any atom is -0.382 e. The third-order valence-electron chi connectivity index (χ3n) is 5.53. The van der Waals surface area contributed by atoms with Gasteiger partial charge in [-0.2, -0.15) is 21.0 Å². The average molecular weight is 497 g/mol. The molecule has 12 heteroatoms. The maximum absolute atomic E-state index is 9.88. The Morgan fingerprint density at radius 3 is 2.68 bits per heavy atom. The second-order valence-corrected chi connectivity index (χ2v) is 11.8. The lowest BCUT2D eigenvalue weighted by atomic mass is 10.1. The Morgan fingerprint density at radius 2 is 1.94 bits per heavy atom. The van der Waals surface area contributed by atoms with Crippen LogP contribution in [-0.2, 0) is 0 Å². The monoisotopic (exact) mass is 496 g/mol. The standard InChI is InChI=1S/C22H24N8O2S2/c1-14(2)26-18-10-19(20-4-3-16-9-15(11-23)12-25-30(16)20)24-13-17(18)21-27-28-22(33-21)29-5-7-34(31,32)8-6-29/h3-4,9-10,12-14,31-32H,5-8H2,1-2H3,(H,24,26). The first-order chi connectivity index (χ1) is 16.3. The maximum atomic E-state index is 9.88. The van der Waals surface area contributed by atoms with E-state index < -0.39 is 10.6 Å². The summed E-state index contributed by atoms with van der Waals surface area (Å²) in [7, 11) is -2.46. The first kappa shape index (κ1) is 22.5. The summed E-state index contributed by atoms with van der Waals surface area (Å²) in [5.41, 5.74) is 4.64. The Balaban J connectivity index is 1.49. The zero-order valence-corrected chi connectivity index (χ0v) is 20.3. The van der Waals surface area contributed by atoms with E-state index in [4.69, 9.17) is 10.2 Å². The van der Waals surface area contributed by atoms with Gasteiger partial charge in [0.2, 0.25) is 5.13 Å². The van der Waals surface area contributed by atoms with Gasteiger partial charge in [-0.15, -0.1) is 10.2 Å². The van der Waals surface area contributed by atoms with E-state index in [0.29, 0.717) is 30.2 Å². The van der Waals surface area contributed by atoms with E-state index in [1.165, 1.54) is 11.3 Å². The van der Waals surface area contributed by atoms with Crippen LogP contribution < -0.4 is 10.2 Å². The number of nitrogens with one attached hydrogen (secondary N) is 1. The molecule has 0 aliphatic carbocycles. The van der Waals surface area contributed by atoms with Gasteiger partial charge in [0.05, 0.1) is 45.7 Å². The van der Waals surface area contributed by atoms with Gasteiger partial charge < -0.3 is 10.2 Å². The molecule has 0 aromatic carbocycles. The third kappa shape index (κ3) is 4.43. The fourth-order valence-electron chi connectivity index (χ4n) is 3.82. The second kappa shape index (κ2) is 8.84. The molecule has 0 saturated carbocycles. The molecule has 5 rings (SSSR count). The van der Waals surface area contributed by atoms with Crippen LogP contribution in [0.2, 0.25) is 0 Å². The van der Waals surface area contributed by atoms with Crippen molar-refractivity contribution >= 4 is 38.3 Å². The van der Waals surface area contributed by atoms with Gasteiger partial charge in [-0.3, -0.25) is 14.1 Å². The number of nitrogens with zero attached hydrogens (tertiary/aromatic N) is 7. The van der Waals surface area contributed by atoms with E-state index in [0.717, 1.165) is 38.3 Å². The fraction of sp³-hybridized carbons (Fsp3) is 0.318. The molecule has 176 valence electrons. The van der Waals surface area contributed by atoms with Crippen LogP contribution in [0, 0.1) is 11.3 Å². The van der Waals surface area contributed by atoms with E-state index in [1.807, 2.05) is 23.1 Å². The number of fused-ring (bicyclic) bond motifs is 1. The lowest BCUT2D eigenvalue weighted by Crippen LogP contribution is -2.38. The molecular formula is C22H24N8O2S2. The van der Waals surface area contributed by atoms with Gasteiger partial charge in [-0.1, -0.05) is 11.3 Å². The molecule has 4 aromatic heterocycles. The molecule has 5 heterocycles. The summed E-state index contributed by atoms with van der Waals surface area (Å²) in [6, 6.07) is 9.93. The minimum absolute atomic E-state index is 0.189. The zero-order chi connectivity index (χ0) is 23.9. The fourth-order valence-corrected chi connectivity index (χ4v) is 5.97. The van der Waals surface area contributed by atoms with E-state index in [9.17, 15) is 9.11 Å². The highest BCUT2D eigenvalue weighted by Gasteiger charge is 2.25. The molecule has 0 bridgehead atoms. The SMILES string of the molecule is CC(C)Nc1cc(-c2ccc3cc(C#N)cnn23)ncc1-c1nnc(N2CCS(O)(O)CC2)s1. The Labute approximate surface area is 202 Å². The number of anilines is 2. The van der Waals surface area contributed by atoms with Gasteiger partial charge in [-0.25, -0.2) is 4.52 Å². The molecule has 0 atom stereocenters. The predicted octanol–water partition coefficient (Wildman–Crippen LogP) is 4.18. The molecule has 4 aromatic rings. The summed E-state index contributed by atoms with van der Waals surface area (Å²) in [4.78, 5) is 6.74. The molecule has 1 fully saturated rings. The van der Waals surface area contributed by atoms with Gasteiger partial charge in [0.15, 0.2) is 5.01 Å². The van der Waals surface area contributed by atoms with Crippen molar-refractivity contribution in [2.45, 2.75) is 19.9 Å². The molecule has 1 aliphatic heterocycles. The predicted molar refractivity (Wildman–Crippen MR) is 136 cm³/mol. The molecule has 0 spiro atoms. The zero-order valence-electron chi connectivity index (χ0n) is 18.7. The van der Waals surface area contributed by atoms with Crippen LogP contribution in [0.1, 0.15) is 19.4 Å². The number of aromatic nitrogens is 5. The van der Waals surface area contributed by atoms with Crippen molar-refractivity contribution < 1.29 is 9.11 Å². The maximum Gasteiger partial charge on any atom is 0.208 e. The average Bonchev–Trinajstić information content (AvgIpc) is 3.45. The Bertz CT molecular complexity index is 1380. The lowest BCUT2D eigenvalue weighted by molar-refractivity contribution is 0.479. The second-order valence-electron chi connectivity index (χ2n) is 8.41. The molecule has 3 N–H and O–H groups in total. The Kier molecular flexibility index (Phi) is 5.86. The van der Waals surface area contributed by atoms with E-state index in [1.54, 1.807) is 23.0 Å². The van der Waals surface area contributed by atoms with E-state index >= 15 is 0 Å². The van der Waals surface area contributed by atoms with E-state index in [-0.39, 0.29) is 6.04 Å². The molecule has 0 unspecified atom stereocenters. The van der Waals surface area contributed by atoms with Gasteiger partial charge in [0.1, 0.15) is 6.07 Å². The van der Waals surface area contributed by atoms with Gasteiger partial charge in [0, 0.05) is 31.0 Å². The van der Waals surface area contributed by atoms with Crippen molar-refractivity contribution in [1.29, 1.82) is 5.26 Å². The van der Waals surface area contributed by atoms with Crippen molar-refractivity contribution in [2.24, 2.45) is 0 Å². The van der Waals surface area contributed by atoms with Crippen LogP contribution >= 0.6 is 21.9 Å². The number of hydrogen-bond donors (Lipinski definition) is 3. The van der Waals surface area contributed by atoms with E-state index in [2.05, 4.69) is 40.5 Å². The number of nitriles is 1. The highest BCUT2D eigenvalue weighted by Crippen LogP contribution is 2.42. The molecule has 1 saturated heterocycles. The van der Waals surface area contributed by atoms with Gasteiger partial charge >= 0.3 is 0 Å². The lowest BCUT2D eigenvalue weighted by Gasteiger charge is -2.40. The summed E-state index contributed by atoms with van der Waals surface area (Å²) < 4.78 is 21.5. The largest absolute Gasteiger partial charge is 0.382 e. The van der Waals surface area contributed by atoms with Crippen molar-refractivity contribution in [2.75, 3.05) is 34.8 Å². The molecular weight excluding hydrogens is 472 g/mol. The normalized spacial score (nSPS) is 16.5. The number of pyridine rings is 1. The summed E-state index contributed by atoms with van der Waals surface area (Å²) in [5, 5.41) is 27.3. The van der Waals surface area contributed by atoms with Crippen LogP contribution in [0.3, 0.4) is 0 Å². The first-order valence-corrected chi connectivity index (χ1v) is 13.5. The summed E-state index contributed by atoms with van der Waals surface area (Å²) >= 11 is 1.47. The molecule has 1 aliphatic rings.